The predicted octanol–water partition coefficient (Wildman–Crippen LogP) is 0.948. The van der Waals surface area contributed by atoms with Crippen LogP contribution in [-0.4, -0.2) is 20.9 Å². The Labute approximate surface area is 107 Å². The summed E-state index contributed by atoms with van der Waals surface area (Å²) in [6, 6.07) is 4.26. The third-order valence-electron chi connectivity index (χ3n) is 2.35. The van der Waals surface area contributed by atoms with E-state index in [0.717, 1.165) is 0 Å². The van der Waals surface area contributed by atoms with Gasteiger partial charge in [0.1, 0.15) is 0 Å². The molecular weight excluding hydrogens is 252 g/mol. The molecule has 0 atom stereocenters. The summed E-state index contributed by atoms with van der Waals surface area (Å²) < 4.78 is 26.2. The predicted molar refractivity (Wildman–Crippen MR) is 69.7 cm³/mol. The van der Waals surface area contributed by atoms with E-state index in [4.69, 9.17) is 5.73 Å². The largest absolute Gasteiger partial charge is 0.366 e. The summed E-state index contributed by atoms with van der Waals surface area (Å²) in [4.78, 5) is 11.2. The van der Waals surface area contributed by atoms with Crippen LogP contribution < -0.4 is 10.5 Å². The smallest absolute Gasteiger partial charge is 0.249 e. The summed E-state index contributed by atoms with van der Waals surface area (Å²) in [6.45, 7) is 7.17. The lowest BCUT2D eigenvalue weighted by Gasteiger charge is -2.08. The van der Waals surface area contributed by atoms with Gasteiger partial charge >= 0.3 is 0 Å². The second-order valence-electron chi connectivity index (χ2n) is 4.12. The van der Waals surface area contributed by atoms with E-state index in [1.54, 1.807) is 19.9 Å². The van der Waals surface area contributed by atoms with E-state index in [9.17, 15) is 13.2 Å². The SMILES string of the molecule is C=C(C)CNS(=O)(=O)c1ccc(C)c(C(N)=O)c1. The highest BCUT2D eigenvalue weighted by atomic mass is 32.2. The quantitative estimate of drug-likeness (QED) is 0.779. The van der Waals surface area contributed by atoms with Gasteiger partial charge in [0.05, 0.1) is 4.90 Å². The summed E-state index contributed by atoms with van der Waals surface area (Å²) in [5.41, 5.74) is 6.72. The molecule has 0 bridgehead atoms. The number of benzene rings is 1. The van der Waals surface area contributed by atoms with E-state index in [1.165, 1.54) is 12.1 Å². The van der Waals surface area contributed by atoms with E-state index in [1.807, 2.05) is 0 Å². The number of hydrogen-bond donors (Lipinski definition) is 2. The Bertz CT molecular complexity index is 591. The minimum Gasteiger partial charge on any atom is -0.366 e. The van der Waals surface area contributed by atoms with Gasteiger partial charge in [0.2, 0.25) is 15.9 Å². The van der Waals surface area contributed by atoms with Crippen LogP contribution >= 0.6 is 0 Å². The summed E-state index contributed by atoms with van der Waals surface area (Å²) in [7, 11) is -3.65. The van der Waals surface area contributed by atoms with Gasteiger partial charge < -0.3 is 5.73 Å². The number of hydrogen-bond acceptors (Lipinski definition) is 3. The standard InChI is InChI=1S/C12H16N2O3S/c1-8(2)7-14-18(16,17)10-5-4-9(3)11(6-10)12(13)15/h4-6,14H,1,7H2,2-3H3,(H2,13,15). The Hall–Kier alpha value is -1.66. The van der Waals surface area contributed by atoms with Crippen molar-refractivity contribution in [3.63, 3.8) is 0 Å². The van der Waals surface area contributed by atoms with Crippen LogP contribution in [0, 0.1) is 6.92 Å². The van der Waals surface area contributed by atoms with Gasteiger partial charge in [-0.2, -0.15) is 0 Å². The molecule has 5 nitrogen and oxygen atoms in total. The molecule has 0 saturated heterocycles. The van der Waals surface area contributed by atoms with E-state index in [0.29, 0.717) is 11.1 Å². The molecule has 1 rings (SSSR count). The zero-order valence-corrected chi connectivity index (χ0v) is 11.2. The molecule has 0 aromatic heterocycles. The van der Waals surface area contributed by atoms with E-state index in [2.05, 4.69) is 11.3 Å². The molecule has 0 spiro atoms. The fraction of sp³-hybridized carbons (Fsp3) is 0.250. The highest BCUT2D eigenvalue weighted by molar-refractivity contribution is 7.89. The van der Waals surface area contributed by atoms with Crippen LogP contribution in [0.5, 0.6) is 0 Å². The Morgan fingerprint density at radius 3 is 2.56 bits per heavy atom. The molecule has 1 amide bonds. The van der Waals surface area contributed by atoms with E-state index in [-0.39, 0.29) is 17.0 Å². The van der Waals surface area contributed by atoms with Crippen LogP contribution in [0.1, 0.15) is 22.8 Å². The molecule has 0 radical (unpaired) electrons. The number of aryl methyl sites for hydroxylation is 1. The fourth-order valence-corrected chi connectivity index (χ4v) is 2.46. The van der Waals surface area contributed by atoms with Crippen molar-refractivity contribution in [3.8, 4) is 0 Å². The topological polar surface area (TPSA) is 89.3 Å². The van der Waals surface area contributed by atoms with Crippen molar-refractivity contribution in [1.29, 1.82) is 0 Å². The minimum atomic E-state index is -3.65. The van der Waals surface area contributed by atoms with Crippen molar-refractivity contribution in [2.45, 2.75) is 18.7 Å². The van der Waals surface area contributed by atoms with E-state index < -0.39 is 15.9 Å². The van der Waals surface area contributed by atoms with Crippen LogP contribution in [0.2, 0.25) is 0 Å². The van der Waals surface area contributed by atoms with Crippen LogP contribution in [0.25, 0.3) is 0 Å². The second kappa shape index (κ2) is 5.32. The Morgan fingerprint density at radius 2 is 2.06 bits per heavy atom. The molecule has 3 N–H and O–H groups in total. The fourth-order valence-electron chi connectivity index (χ4n) is 1.34. The zero-order chi connectivity index (χ0) is 13.9. The molecule has 0 aliphatic carbocycles. The van der Waals surface area contributed by atoms with Gasteiger partial charge in [-0.25, -0.2) is 13.1 Å². The molecule has 1 aromatic rings. The number of carbonyl (C=O) groups excluding carboxylic acids is 1. The molecule has 98 valence electrons. The van der Waals surface area contributed by atoms with Gasteiger partial charge in [0.25, 0.3) is 0 Å². The summed E-state index contributed by atoms with van der Waals surface area (Å²) in [5.74, 6) is -0.649. The first-order valence-corrected chi connectivity index (χ1v) is 6.77. The maximum absolute atomic E-state index is 11.9. The second-order valence-corrected chi connectivity index (χ2v) is 5.89. The monoisotopic (exact) mass is 268 g/mol. The molecule has 0 aliphatic heterocycles. The molecular formula is C12H16N2O3S. The number of carbonyl (C=O) groups is 1. The third kappa shape index (κ3) is 3.41. The highest BCUT2D eigenvalue weighted by Gasteiger charge is 2.16. The van der Waals surface area contributed by atoms with Crippen molar-refractivity contribution in [1.82, 2.24) is 4.72 Å². The Balaban J connectivity index is 3.14. The van der Waals surface area contributed by atoms with Crippen LogP contribution in [0.15, 0.2) is 35.2 Å². The van der Waals surface area contributed by atoms with Gasteiger partial charge in [-0.05, 0) is 31.5 Å². The summed E-state index contributed by atoms with van der Waals surface area (Å²) >= 11 is 0. The van der Waals surface area contributed by atoms with Crippen LogP contribution in [0.3, 0.4) is 0 Å². The van der Waals surface area contributed by atoms with Crippen molar-refractivity contribution < 1.29 is 13.2 Å². The lowest BCUT2D eigenvalue weighted by molar-refractivity contribution is 0.0999. The van der Waals surface area contributed by atoms with Crippen molar-refractivity contribution >= 4 is 15.9 Å². The number of amides is 1. The number of nitrogens with two attached hydrogens (primary N) is 1. The molecule has 0 unspecified atom stereocenters. The molecule has 18 heavy (non-hydrogen) atoms. The first-order chi connectivity index (χ1) is 8.24. The van der Waals surface area contributed by atoms with Gasteiger partial charge in [-0.3, -0.25) is 4.79 Å². The maximum Gasteiger partial charge on any atom is 0.249 e. The molecule has 0 fully saturated rings. The zero-order valence-electron chi connectivity index (χ0n) is 10.4. The van der Waals surface area contributed by atoms with Crippen molar-refractivity contribution in [3.05, 3.63) is 41.5 Å². The van der Waals surface area contributed by atoms with Crippen molar-refractivity contribution in [2.24, 2.45) is 5.73 Å². The van der Waals surface area contributed by atoms with Gasteiger partial charge in [0.15, 0.2) is 0 Å². The number of sulfonamides is 1. The van der Waals surface area contributed by atoms with Gasteiger partial charge in [-0.1, -0.05) is 18.2 Å². The lowest BCUT2D eigenvalue weighted by atomic mass is 10.1. The maximum atomic E-state index is 11.9. The highest BCUT2D eigenvalue weighted by Crippen LogP contribution is 2.15. The van der Waals surface area contributed by atoms with Crippen LogP contribution in [0.4, 0.5) is 0 Å². The van der Waals surface area contributed by atoms with Gasteiger partial charge in [-0.15, -0.1) is 0 Å². The van der Waals surface area contributed by atoms with E-state index >= 15 is 0 Å². The van der Waals surface area contributed by atoms with Crippen molar-refractivity contribution in [2.75, 3.05) is 6.54 Å². The third-order valence-corrected chi connectivity index (χ3v) is 3.75. The number of primary amides is 1. The molecule has 0 saturated carbocycles. The Morgan fingerprint density at radius 1 is 1.44 bits per heavy atom. The molecule has 6 heteroatoms. The normalized spacial score (nSPS) is 11.2. The number of nitrogens with one attached hydrogen (secondary N) is 1. The summed E-state index contributed by atoms with van der Waals surface area (Å²) in [5, 5.41) is 0. The average molecular weight is 268 g/mol. The average Bonchev–Trinajstić information content (AvgIpc) is 2.26. The summed E-state index contributed by atoms with van der Waals surface area (Å²) in [6.07, 6.45) is 0. The molecule has 1 aromatic carbocycles. The molecule has 0 aliphatic rings. The van der Waals surface area contributed by atoms with Crippen LogP contribution in [-0.2, 0) is 10.0 Å². The Kier molecular flexibility index (Phi) is 4.26. The lowest BCUT2D eigenvalue weighted by Crippen LogP contribution is -2.25. The number of rotatable bonds is 5. The minimum absolute atomic E-state index is 0.0168. The first kappa shape index (κ1) is 14.4. The molecule has 0 heterocycles. The first-order valence-electron chi connectivity index (χ1n) is 5.28. The van der Waals surface area contributed by atoms with Gasteiger partial charge in [0, 0.05) is 12.1 Å².